The predicted molar refractivity (Wildman–Crippen MR) is 134 cm³/mol. The lowest BCUT2D eigenvalue weighted by molar-refractivity contribution is -0.114. The van der Waals surface area contributed by atoms with Gasteiger partial charge in [-0.25, -0.2) is 13.2 Å². The van der Waals surface area contributed by atoms with Crippen LogP contribution < -0.4 is 9.62 Å². The van der Waals surface area contributed by atoms with Crippen LogP contribution in [0.5, 0.6) is 0 Å². The summed E-state index contributed by atoms with van der Waals surface area (Å²) in [5, 5.41) is 3.08. The van der Waals surface area contributed by atoms with E-state index in [4.69, 9.17) is 34.8 Å². The summed E-state index contributed by atoms with van der Waals surface area (Å²) in [5.74, 6) is -1.35. The molecular formula is C23H19Cl3N2O5S. The molecule has 0 aromatic heterocycles. The van der Waals surface area contributed by atoms with Crippen LogP contribution in [0.25, 0.3) is 0 Å². The fourth-order valence-electron chi connectivity index (χ4n) is 2.99. The zero-order chi connectivity index (χ0) is 25.0. The van der Waals surface area contributed by atoms with Gasteiger partial charge in [-0.1, -0.05) is 52.5 Å². The number of aryl methyl sites for hydroxylation is 1. The number of amides is 1. The highest BCUT2D eigenvalue weighted by atomic mass is 35.5. The van der Waals surface area contributed by atoms with Crippen LogP contribution in [0.2, 0.25) is 15.1 Å². The standard InChI is InChI=1S/C23H19Cl3N2O5S/c1-14-3-7-17(8-4-14)34(31,32)28(16-6-10-20(25)21(26)12-16)13-22(29)27-15-5-9-19(24)18(11-15)23(30)33-2/h3-12H,13H2,1-2H3,(H,27,29). The Balaban J connectivity index is 1.96. The van der Waals surface area contributed by atoms with E-state index in [9.17, 15) is 18.0 Å². The van der Waals surface area contributed by atoms with Crippen molar-refractivity contribution in [2.24, 2.45) is 0 Å². The fourth-order valence-corrected chi connectivity index (χ4v) is 4.89. The second kappa shape index (κ2) is 10.7. The lowest BCUT2D eigenvalue weighted by Crippen LogP contribution is -2.38. The van der Waals surface area contributed by atoms with Gasteiger partial charge < -0.3 is 10.1 Å². The van der Waals surface area contributed by atoms with E-state index in [1.165, 1.54) is 55.6 Å². The number of halogens is 3. The number of sulfonamides is 1. The average Bonchev–Trinajstić information content (AvgIpc) is 2.80. The van der Waals surface area contributed by atoms with E-state index in [-0.39, 0.29) is 36.9 Å². The Kier molecular flexibility index (Phi) is 8.09. The lowest BCUT2D eigenvalue weighted by atomic mass is 10.2. The molecule has 11 heteroatoms. The van der Waals surface area contributed by atoms with Crippen molar-refractivity contribution in [2.45, 2.75) is 11.8 Å². The number of hydrogen-bond acceptors (Lipinski definition) is 5. The number of nitrogens with one attached hydrogen (secondary N) is 1. The summed E-state index contributed by atoms with van der Waals surface area (Å²) < 4.78 is 32.5. The number of rotatable bonds is 7. The third-order valence-electron chi connectivity index (χ3n) is 4.74. The minimum atomic E-state index is -4.14. The molecule has 0 unspecified atom stereocenters. The molecule has 34 heavy (non-hydrogen) atoms. The van der Waals surface area contributed by atoms with Gasteiger partial charge in [0.25, 0.3) is 10.0 Å². The molecule has 0 atom stereocenters. The summed E-state index contributed by atoms with van der Waals surface area (Å²) in [6, 6.07) is 14.7. The van der Waals surface area contributed by atoms with Crippen LogP contribution in [0.15, 0.2) is 65.6 Å². The van der Waals surface area contributed by atoms with Gasteiger partial charge in [0.05, 0.1) is 38.3 Å². The molecule has 1 N–H and O–H groups in total. The summed E-state index contributed by atoms with van der Waals surface area (Å²) in [6.45, 7) is 1.25. The monoisotopic (exact) mass is 540 g/mol. The molecule has 178 valence electrons. The molecule has 0 saturated carbocycles. The van der Waals surface area contributed by atoms with Gasteiger partial charge >= 0.3 is 5.97 Å². The van der Waals surface area contributed by atoms with Crippen molar-refractivity contribution in [3.05, 3.63) is 86.9 Å². The predicted octanol–water partition coefficient (Wildman–Crippen LogP) is 5.58. The first-order chi connectivity index (χ1) is 16.0. The summed E-state index contributed by atoms with van der Waals surface area (Å²) in [4.78, 5) is 24.8. The Morgan fingerprint density at radius 3 is 2.18 bits per heavy atom. The van der Waals surface area contributed by atoms with Crippen molar-refractivity contribution in [2.75, 3.05) is 23.3 Å². The topological polar surface area (TPSA) is 92.8 Å². The second-order valence-electron chi connectivity index (χ2n) is 7.16. The fraction of sp³-hybridized carbons (Fsp3) is 0.130. The number of anilines is 2. The molecule has 0 spiro atoms. The summed E-state index contributed by atoms with van der Waals surface area (Å²) in [5.41, 5.74) is 1.31. The maximum atomic E-state index is 13.4. The first-order valence-corrected chi connectivity index (χ1v) is 12.3. The van der Waals surface area contributed by atoms with Gasteiger partial charge in [0, 0.05) is 5.69 Å². The Bertz CT molecular complexity index is 1350. The first kappa shape index (κ1) is 25.8. The summed E-state index contributed by atoms with van der Waals surface area (Å²) >= 11 is 18.1. The van der Waals surface area contributed by atoms with E-state index in [1.54, 1.807) is 12.1 Å². The van der Waals surface area contributed by atoms with Crippen LogP contribution in [0.1, 0.15) is 15.9 Å². The van der Waals surface area contributed by atoms with Gasteiger partial charge in [-0.3, -0.25) is 9.10 Å². The molecule has 0 heterocycles. The molecular weight excluding hydrogens is 523 g/mol. The highest BCUT2D eigenvalue weighted by Gasteiger charge is 2.28. The highest BCUT2D eigenvalue weighted by Crippen LogP contribution is 2.31. The smallest absolute Gasteiger partial charge is 0.339 e. The third kappa shape index (κ3) is 5.82. The maximum Gasteiger partial charge on any atom is 0.339 e. The molecule has 1 amide bonds. The summed E-state index contributed by atoms with van der Waals surface area (Å²) in [7, 11) is -2.94. The van der Waals surface area contributed by atoms with Crippen molar-refractivity contribution in [1.82, 2.24) is 0 Å². The SMILES string of the molecule is COC(=O)c1cc(NC(=O)CN(c2ccc(Cl)c(Cl)c2)S(=O)(=O)c2ccc(C)cc2)ccc1Cl. The maximum absolute atomic E-state index is 13.4. The van der Waals surface area contributed by atoms with Gasteiger partial charge in [-0.15, -0.1) is 0 Å². The molecule has 0 saturated heterocycles. The van der Waals surface area contributed by atoms with E-state index >= 15 is 0 Å². The zero-order valence-corrected chi connectivity index (χ0v) is 21.1. The zero-order valence-electron chi connectivity index (χ0n) is 18.0. The molecule has 0 aliphatic heterocycles. The number of methoxy groups -OCH3 is 1. The second-order valence-corrected chi connectivity index (χ2v) is 10.2. The largest absolute Gasteiger partial charge is 0.465 e. The first-order valence-electron chi connectivity index (χ1n) is 9.75. The lowest BCUT2D eigenvalue weighted by Gasteiger charge is -2.24. The van der Waals surface area contributed by atoms with E-state index < -0.39 is 28.4 Å². The molecule has 7 nitrogen and oxygen atoms in total. The molecule has 3 rings (SSSR count). The number of esters is 1. The Hall–Kier alpha value is -2.78. The molecule has 0 fully saturated rings. The molecule has 3 aromatic rings. The van der Waals surface area contributed by atoms with Crippen molar-refractivity contribution in [3.8, 4) is 0 Å². The van der Waals surface area contributed by atoms with Crippen LogP contribution in [0, 0.1) is 6.92 Å². The number of hydrogen-bond donors (Lipinski definition) is 1. The molecule has 0 aliphatic carbocycles. The van der Waals surface area contributed by atoms with E-state index in [0.717, 1.165) is 9.87 Å². The molecule has 0 aliphatic rings. The number of ether oxygens (including phenoxy) is 1. The van der Waals surface area contributed by atoms with Gasteiger partial charge in [-0.05, 0) is 55.5 Å². The Morgan fingerprint density at radius 2 is 1.56 bits per heavy atom. The van der Waals surface area contributed by atoms with Crippen molar-refractivity contribution >= 4 is 68.1 Å². The van der Waals surface area contributed by atoms with Crippen LogP contribution >= 0.6 is 34.8 Å². The van der Waals surface area contributed by atoms with Crippen molar-refractivity contribution in [1.29, 1.82) is 0 Å². The minimum Gasteiger partial charge on any atom is -0.465 e. The highest BCUT2D eigenvalue weighted by molar-refractivity contribution is 7.92. The number of carbonyl (C=O) groups is 2. The third-order valence-corrected chi connectivity index (χ3v) is 7.60. The number of nitrogens with zero attached hydrogens (tertiary/aromatic N) is 1. The van der Waals surface area contributed by atoms with Crippen LogP contribution in [-0.4, -0.2) is 33.9 Å². The van der Waals surface area contributed by atoms with Crippen molar-refractivity contribution in [3.63, 3.8) is 0 Å². The average molecular weight is 542 g/mol. The Morgan fingerprint density at radius 1 is 0.912 bits per heavy atom. The normalized spacial score (nSPS) is 11.1. The van der Waals surface area contributed by atoms with E-state index in [1.807, 2.05) is 6.92 Å². The van der Waals surface area contributed by atoms with Crippen molar-refractivity contribution < 1.29 is 22.7 Å². The Labute approximate surface area is 212 Å². The van der Waals surface area contributed by atoms with Crippen LogP contribution in [-0.2, 0) is 19.6 Å². The van der Waals surface area contributed by atoms with Gasteiger partial charge in [0.15, 0.2) is 0 Å². The van der Waals surface area contributed by atoms with E-state index in [0.29, 0.717) is 0 Å². The summed E-state index contributed by atoms with van der Waals surface area (Å²) in [6.07, 6.45) is 0. The van der Waals surface area contributed by atoms with Crippen LogP contribution in [0.4, 0.5) is 11.4 Å². The van der Waals surface area contributed by atoms with Gasteiger partial charge in [0.1, 0.15) is 6.54 Å². The van der Waals surface area contributed by atoms with Gasteiger partial charge in [0.2, 0.25) is 5.91 Å². The van der Waals surface area contributed by atoms with Crippen LogP contribution in [0.3, 0.4) is 0 Å². The molecule has 3 aromatic carbocycles. The van der Waals surface area contributed by atoms with Gasteiger partial charge in [-0.2, -0.15) is 0 Å². The minimum absolute atomic E-state index is 0.00329. The number of carbonyl (C=O) groups excluding carboxylic acids is 2. The van der Waals surface area contributed by atoms with E-state index in [2.05, 4.69) is 10.1 Å². The number of benzene rings is 3. The molecule has 0 radical (unpaired) electrons. The quantitative estimate of drug-likeness (QED) is 0.395. The molecule has 0 bridgehead atoms.